The number of aryl methyl sites for hydroxylation is 1. The predicted octanol–water partition coefficient (Wildman–Crippen LogP) is 2.92. The van der Waals surface area contributed by atoms with Crippen LogP contribution >= 0.6 is 23.2 Å². The van der Waals surface area contributed by atoms with Crippen LogP contribution in [-0.4, -0.2) is 84.7 Å². The molecular weight excluding hydrogens is 521 g/mol. The Morgan fingerprint density at radius 1 is 1.00 bits per heavy atom. The molecule has 0 spiro atoms. The van der Waals surface area contributed by atoms with Crippen LogP contribution in [-0.2, 0) is 28.7 Å². The highest BCUT2D eigenvalue weighted by atomic mass is 35.5. The van der Waals surface area contributed by atoms with Crippen molar-refractivity contribution in [2.75, 3.05) is 46.4 Å². The van der Waals surface area contributed by atoms with Crippen LogP contribution in [0.2, 0.25) is 0 Å². The molecule has 1 aliphatic heterocycles. The quantitative estimate of drug-likeness (QED) is 0.321. The van der Waals surface area contributed by atoms with Crippen molar-refractivity contribution < 1.29 is 28.7 Å². The van der Waals surface area contributed by atoms with Gasteiger partial charge in [-0.2, -0.15) is 0 Å². The first-order valence-corrected chi connectivity index (χ1v) is 12.3. The van der Waals surface area contributed by atoms with Gasteiger partial charge in [-0.25, -0.2) is 9.59 Å². The second-order valence-corrected chi connectivity index (χ2v) is 9.29. The number of fused-ring (bicyclic) bond motifs is 1. The van der Waals surface area contributed by atoms with E-state index in [1.54, 1.807) is 4.90 Å². The number of ketones is 2. The molecule has 37 heavy (non-hydrogen) atoms. The van der Waals surface area contributed by atoms with E-state index in [0.29, 0.717) is 38.3 Å². The van der Waals surface area contributed by atoms with Crippen molar-refractivity contribution in [3.8, 4) is 0 Å². The number of allylic oxidation sites excluding steroid dienone is 3. The maximum absolute atomic E-state index is 13.7. The van der Waals surface area contributed by atoms with Gasteiger partial charge in [-0.1, -0.05) is 41.4 Å². The van der Waals surface area contributed by atoms with E-state index in [4.69, 9.17) is 27.9 Å². The number of Topliss-reactive ketones (excluding diaryl/α,β-unsaturated/α-hetero) is 2. The summed E-state index contributed by atoms with van der Waals surface area (Å²) >= 11 is 12.8. The molecular formula is C26H25Cl2N3O6. The van der Waals surface area contributed by atoms with Gasteiger partial charge in [0.05, 0.1) is 12.7 Å². The Morgan fingerprint density at radius 3 is 2.38 bits per heavy atom. The number of nitrogens with one attached hydrogen (secondary N) is 1. The summed E-state index contributed by atoms with van der Waals surface area (Å²) in [6, 6.07) is 7.51. The second-order valence-electron chi connectivity index (χ2n) is 8.53. The number of aromatic amines is 1. The number of piperazine rings is 1. The minimum absolute atomic E-state index is 0.132. The van der Waals surface area contributed by atoms with Gasteiger partial charge >= 0.3 is 11.9 Å². The molecule has 194 valence electrons. The third kappa shape index (κ3) is 5.49. The fourth-order valence-corrected chi connectivity index (χ4v) is 5.09. The molecule has 1 saturated heterocycles. The van der Waals surface area contributed by atoms with E-state index in [1.165, 1.54) is 7.11 Å². The van der Waals surface area contributed by atoms with Crippen molar-refractivity contribution in [3.63, 3.8) is 0 Å². The molecule has 0 bridgehead atoms. The number of nitrogens with zero attached hydrogens (tertiary/aromatic N) is 2. The lowest BCUT2D eigenvalue weighted by atomic mass is 9.91. The molecule has 0 amide bonds. The number of benzene rings is 1. The van der Waals surface area contributed by atoms with Crippen LogP contribution in [0.4, 0.5) is 0 Å². The van der Waals surface area contributed by atoms with E-state index in [1.807, 2.05) is 31.2 Å². The molecule has 1 N–H and O–H groups in total. The fraction of sp³-hybridized carbons (Fsp3) is 0.308. The third-order valence-corrected chi connectivity index (χ3v) is 7.02. The van der Waals surface area contributed by atoms with E-state index >= 15 is 0 Å². The van der Waals surface area contributed by atoms with E-state index in [-0.39, 0.29) is 33.7 Å². The van der Waals surface area contributed by atoms with Crippen molar-refractivity contribution in [3.05, 3.63) is 63.4 Å². The lowest BCUT2D eigenvalue weighted by molar-refractivity contribution is -0.139. The largest absolute Gasteiger partial charge is 0.466 e. The predicted molar refractivity (Wildman–Crippen MR) is 139 cm³/mol. The summed E-state index contributed by atoms with van der Waals surface area (Å²) in [4.78, 5) is 56.6. The van der Waals surface area contributed by atoms with Gasteiger partial charge < -0.3 is 19.4 Å². The van der Waals surface area contributed by atoms with Gasteiger partial charge in [-0.15, -0.1) is 0 Å². The summed E-state index contributed by atoms with van der Waals surface area (Å²) in [7, 11) is 1.21. The standard InChI is InChI=1S/C26H25Cl2N3O6/c1-15-20(16-5-3-4-6-17(16)29-15)21-22(27)26(35)23(28)24(25(21)34)31-11-9-30(10-12-31)13-14-37-19(33)8-7-18(32)36-2/h3-8,29H,9-14H2,1-2H3/b8-7+. The van der Waals surface area contributed by atoms with E-state index in [9.17, 15) is 19.2 Å². The van der Waals surface area contributed by atoms with Crippen LogP contribution in [0.3, 0.4) is 0 Å². The molecule has 2 aliphatic rings. The highest BCUT2D eigenvalue weighted by molar-refractivity contribution is 6.63. The van der Waals surface area contributed by atoms with Crippen LogP contribution in [0.1, 0.15) is 11.3 Å². The van der Waals surface area contributed by atoms with Crippen molar-refractivity contribution >= 4 is 63.2 Å². The summed E-state index contributed by atoms with van der Waals surface area (Å²) in [5.41, 5.74) is 2.46. The zero-order chi connectivity index (χ0) is 26.7. The first-order chi connectivity index (χ1) is 17.7. The molecule has 0 saturated carbocycles. The highest BCUT2D eigenvalue weighted by Gasteiger charge is 2.38. The van der Waals surface area contributed by atoms with Gasteiger partial charge in [-0.3, -0.25) is 14.5 Å². The third-order valence-electron chi connectivity index (χ3n) is 6.31. The van der Waals surface area contributed by atoms with Crippen molar-refractivity contribution in [1.82, 2.24) is 14.8 Å². The molecule has 1 aliphatic carbocycles. The Hall–Kier alpha value is -3.40. The SMILES string of the molecule is COC(=O)/C=C/C(=O)OCCN1CCN(C2=C(Cl)C(=O)C(Cl)=C(c3c(C)[nH]c4ccccc34)C2=O)CC1. The lowest BCUT2D eigenvalue weighted by Crippen LogP contribution is -2.48. The van der Waals surface area contributed by atoms with E-state index in [0.717, 1.165) is 28.7 Å². The number of carbonyl (C=O) groups excluding carboxylic acids is 4. The molecule has 0 atom stereocenters. The van der Waals surface area contributed by atoms with Crippen LogP contribution in [0, 0.1) is 6.92 Å². The number of halogens is 2. The molecule has 1 fully saturated rings. The number of methoxy groups -OCH3 is 1. The van der Waals surface area contributed by atoms with Gasteiger partial charge in [0.1, 0.15) is 22.4 Å². The fourth-order valence-electron chi connectivity index (χ4n) is 4.46. The first-order valence-electron chi connectivity index (χ1n) is 11.6. The Morgan fingerprint density at radius 2 is 1.68 bits per heavy atom. The lowest BCUT2D eigenvalue weighted by Gasteiger charge is -2.38. The Bertz CT molecular complexity index is 1370. The number of aromatic nitrogens is 1. The summed E-state index contributed by atoms with van der Waals surface area (Å²) in [6.07, 6.45) is 2.00. The number of rotatable bonds is 7. The van der Waals surface area contributed by atoms with Crippen LogP contribution in [0.15, 0.2) is 52.2 Å². The van der Waals surface area contributed by atoms with Gasteiger partial charge in [0.15, 0.2) is 0 Å². The summed E-state index contributed by atoms with van der Waals surface area (Å²) in [5, 5.41) is 0.428. The maximum Gasteiger partial charge on any atom is 0.331 e. The monoisotopic (exact) mass is 545 g/mol. The number of esters is 2. The number of para-hydroxylation sites is 1. The van der Waals surface area contributed by atoms with Crippen molar-refractivity contribution in [1.29, 1.82) is 0 Å². The Kier molecular flexibility index (Phi) is 8.16. The molecule has 2 aromatic rings. The molecule has 2 heterocycles. The summed E-state index contributed by atoms with van der Waals surface area (Å²) < 4.78 is 9.53. The Balaban J connectivity index is 1.43. The molecule has 0 unspecified atom stereocenters. The van der Waals surface area contributed by atoms with Crippen LogP contribution in [0.25, 0.3) is 16.5 Å². The van der Waals surface area contributed by atoms with Crippen LogP contribution in [0.5, 0.6) is 0 Å². The molecule has 11 heteroatoms. The minimum atomic E-state index is -0.643. The van der Waals surface area contributed by atoms with Gasteiger partial charge in [0.25, 0.3) is 0 Å². The summed E-state index contributed by atoms with van der Waals surface area (Å²) in [5.74, 6) is -2.25. The number of ether oxygens (including phenoxy) is 2. The highest BCUT2D eigenvalue weighted by Crippen LogP contribution is 2.40. The maximum atomic E-state index is 13.7. The molecule has 0 radical (unpaired) electrons. The number of H-pyrrole nitrogens is 1. The van der Waals surface area contributed by atoms with Gasteiger partial charge in [-0.05, 0) is 13.0 Å². The molecule has 1 aromatic heterocycles. The van der Waals surface area contributed by atoms with Gasteiger partial charge in [0, 0.05) is 67.0 Å². The number of hydrogen-bond donors (Lipinski definition) is 1. The summed E-state index contributed by atoms with van der Waals surface area (Å²) in [6.45, 7) is 4.44. The normalized spacial score (nSPS) is 17.4. The Labute approximate surface area is 223 Å². The zero-order valence-electron chi connectivity index (χ0n) is 20.3. The minimum Gasteiger partial charge on any atom is -0.466 e. The second kappa shape index (κ2) is 11.3. The topological polar surface area (TPSA) is 109 Å². The number of carbonyl (C=O) groups is 4. The average molecular weight is 546 g/mol. The molecule has 9 nitrogen and oxygen atoms in total. The van der Waals surface area contributed by atoms with Crippen molar-refractivity contribution in [2.24, 2.45) is 0 Å². The van der Waals surface area contributed by atoms with Crippen molar-refractivity contribution in [2.45, 2.75) is 6.92 Å². The first kappa shape index (κ1) is 26.7. The van der Waals surface area contributed by atoms with Gasteiger partial charge in [0.2, 0.25) is 11.6 Å². The average Bonchev–Trinajstić information content (AvgIpc) is 3.22. The number of hydrogen-bond acceptors (Lipinski definition) is 8. The smallest absolute Gasteiger partial charge is 0.331 e. The van der Waals surface area contributed by atoms with E-state index < -0.39 is 17.7 Å². The van der Waals surface area contributed by atoms with Crippen LogP contribution < -0.4 is 0 Å². The van der Waals surface area contributed by atoms with E-state index in [2.05, 4.69) is 14.6 Å². The zero-order valence-corrected chi connectivity index (χ0v) is 21.8. The molecule has 1 aromatic carbocycles. The molecule has 4 rings (SSSR count).